The number of amides is 1. The number of hydrogen-bond donors (Lipinski definition) is 2. The molecule has 0 radical (unpaired) electrons. The van der Waals surface area contributed by atoms with Crippen LogP contribution < -0.4 is 9.44 Å². The molecule has 4 aromatic rings. The summed E-state index contributed by atoms with van der Waals surface area (Å²) >= 11 is 0. The van der Waals surface area contributed by atoms with E-state index in [0.717, 1.165) is 48.9 Å². The molecule has 17 heteroatoms. The molecule has 2 saturated carbocycles. The van der Waals surface area contributed by atoms with E-state index in [1.165, 1.54) is 42.5 Å². The number of carbonyl (C=O) groups is 1. The van der Waals surface area contributed by atoms with E-state index in [1.54, 1.807) is 41.3 Å². The topological polar surface area (TPSA) is 116 Å². The normalized spacial score (nSPS) is 25.7. The molecule has 2 aliphatic carbocycles. The number of rotatable bonds is 11. The second-order valence-electron chi connectivity index (χ2n) is 17.3. The quantitative estimate of drug-likeness (QED) is 0.115. The first-order valence-corrected chi connectivity index (χ1v) is 24.0. The molecule has 2 saturated heterocycles. The number of alkyl halides is 6. The van der Waals surface area contributed by atoms with Crippen molar-refractivity contribution in [1.29, 1.82) is 0 Å². The molecule has 336 valence electrons. The van der Waals surface area contributed by atoms with Gasteiger partial charge in [0.1, 0.15) is 0 Å². The Morgan fingerprint density at radius 3 is 1.48 bits per heavy atom. The molecule has 0 aromatic heterocycles. The molecule has 4 fully saturated rings. The fourth-order valence-electron chi connectivity index (χ4n) is 9.69. The number of piperidine rings is 2. The van der Waals surface area contributed by atoms with Crippen molar-refractivity contribution in [2.24, 2.45) is 23.7 Å². The average molecular weight is 915 g/mol. The number of nitrogens with zero attached hydrogens (tertiary/aromatic N) is 2. The van der Waals surface area contributed by atoms with Crippen LogP contribution in [0.2, 0.25) is 0 Å². The van der Waals surface area contributed by atoms with Gasteiger partial charge in [-0.15, -0.1) is 0 Å². The third-order valence-corrected chi connectivity index (χ3v) is 14.3. The summed E-state index contributed by atoms with van der Waals surface area (Å²) in [4.78, 5) is 16.5. The number of anilines is 2. The van der Waals surface area contributed by atoms with Crippen molar-refractivity contribution in [3.63, 3.8) is 0 Å². The first-order chi connectivity index (χ1) is 29.4. The monoisotopic (exact) mass is 914 g/mol. The second-order valence-corrected chi connectivity index (χ2v) is 20.8. The van der Waals surface area contributed by atoms with Crippen molar-refractivity contribution >= 4 is 49.5 Å². The molecule has 2 aliphatic heterocycles. The van der Waals surface area contributed by atoms with Gasteiger partial charge in [0.15, 0.2) is 0 Å². The van der Waals surface area contributed by atoms with E-state index in [1.807, 2.05) is 30.3 Å². The Bertz CT molecular complexity index is 2640. The Morgan fingerprint density at radius 2 is 1.05 bits per heavy atom. The first kappa shape index (κ1) is 45.9. The average Bonchev–Trinajstić information content (AvgIpc) is 3.66. The lowest BCUT2D eigenvalue weighted by atomic mass is 9.92. The Labute approximate surface area is 364 Å². The third-order valence-electron chi connectivity index (χ3n) is 13.1. The lowest BCUT2D eigenvalue weighted by Gasteiger charge is -2.24. The SMILES string of the molecule is CC1(c2cccc(NS(C)(=O)=O)c2)C2CN(C(=O)/C=C/c3ccccc3C(F)(F)F)CC21.CC1(c2cccc(NS(C)(=O)=O)c2)C2CN(C/C=C/c3ccccc3C(F)(F)F)CC21. The Hall–Kier alpha value is -5.13. The van der Waals surface area contributed by atoms with Crippen LogP contribution in [-0.2, 0) is 48.0 Å². The van der Waals surface area contributed by atoms with Crippen LogP contribution in [0.5, 0.6) is 0 Å². The zero-order valence-corrected chi connectivity index (χ0v) is 36.5. The zero-order valence-electron chi connectivity index (χ0n) is 34.9. The Morgan fingerprint density at radius 1 is 0.635 bits per heavy atom. The number of sulfonamides is 2. The fraction of sp³-hybridized carbons (Fsp3) is 0.370. The van der Waals surface area contributed by atoms with Crippen LogP contribution >= 0.6 is 0 Å². The van der Waals surface area contributed by atoms with E-state index in [-0.39, 0.29) is 39.7 Å². The fourth-order valence-corrected chi connectivity index (χ4v) is 10.8. The lowest BCUT2D eigenvalue weighted by Crippen LogP contribution is -2.33. The molecule has 0 bridgehead atoms. The van der Waals surface area contributed by atoms with Crippen molar-refractivity contribution in [2.75, 3.05) is 54.7 Å². The summed E-state index contributed by atoms with van der Waals surface area (Å²) in [6, 6.07) is 25.5. The van der Waals surface area contributed by atoms with Gasteiger partial charge in [0.05, 0.1) is 23.6 Å². The molecule has 1 amide bonds. The standard InChI is InChI=1S/C23H23F3N2O3S.C23H25F3N2O2S/c1-22(16-7-5-8-17(12-16)27-32(2,30)31)19-13-28(14-20(19)22)21(29)11-10-15-6-3-4-9-18(15)23(24,25)26;1-22(17-9-5-10-18(13-17)27-31(2,29)30)20-14-28(15-21(20)22)12-6-8-16-7-3-4-11-19(16)23(24,25)26/h3-12,19-20,27H,13-14H2,1-2H3;3-11,13,20-21,27H,12,14-15H2,1-2H3/b11-10+;8-6+. The van der Waals surface area contributed by atoms with Crippen molar-refractivity contribution in [2.45, 2.75) is 37.0 Å². The van der Waals surface area contributed by atoms with Gasteiger partial charge in [0, 0.05) is 61.0 Å². The molecule has 2 heterocycles. The summed E-state index contributed by atoms with van der Waals surface area (Å²) in [7, 11) is -6.71. The minimum Gasteiger partial charge on any atom is -0.339 e. The van der Waals surface area contributed by atoms with Gasteiger partial charge in [0.25, 0.3) is 0 Å². The molecule has 63 heavy (non-hydrogen) atoms. The summed E-state index contributed by atoms with van der Waals surface area (Å²) in [6.45, 7) is 7.66. The van der Waals surface area contributed by atoms with Gasteiger partial charge in [-0.2, -0.15) is 26.3 Å². The number of carbonyl (C=O) groups excluding carboxylic acids is 1. The van der Waals surface area contributed by atoms with Crippen LogP contribution in [0.15, 0.2) is 109 Å². The predicted molar refractivity (Wildman–Crippen MR) is 232 cm³/mol. The molecular weight excluding hydrogens is 867 g/mol. The number of benzene rings is 4. The van der Waals surface area contributed by atoms with Gasteiger partial charge < -0.3 is 4.90 Å². The summed E-state index contributed by atoms with van der Waals surface area (Å²) in [6.07, 6.45) is -0.864. The maximum Gasteiger partial charge on any atom is 0.416 e. The molecular formula is C46H48F6N4O5S2. The predicted octanol–water partition coefficient (Wildman–Crippen LogP) is 8.75. The van der Waals surface area contributed by atoms with Gasteiger partial charge in [-0.25, -0.2) is 16.8 Å². The van der Waals surface area contributed by atoms with E-state index in [2.05, 4.69) is 28.2 Å². The van der Waals surface area contributed by atoms with Crippen LogP contribution in [0, 0.1) is 23.7 Å². The van der Waals surface area contributed by atoms with Crippen molar-refractivity contribution in [1.82, 2.24) is 9.80 Å². The molecule has 4 aromatic carbocycles. The highest BCUT2D eigenvalue weighted by Gasteiger charge is 2.66. The van der Waals surface area contributed by atoms with Gasteiger partial charge in [-0.05, 0) is 88.4 Å². The summed E-state index contributed by atoms with van der Waals surface area (Å²) in [5.41, 5.74) is 1.75. The molecule has 0 spiro atoms. The van der Waals surface area contributed by atoms with Crippen molar-refractivity contribution in [3.05, 3.63) is 143 Å². The van der Waals surface area contributed by atoms with E-state index in [9.17, 15) is 48.0 Å². The van der Waals surface area contributed by atoms with Crippen LogP contribution in [-0.4, -0.2) is 77.8 Å². The van der Waals surface area contributed by atoms with Crippen LogP contribution in [0.3, 0.4) is 0 Å². The van der Waals surface area contributed by atoms with Crippen LogP contribution in [0.4, 0.5) is 37.7 Å². The number of halogens is 6. The second kappa shape index (κ2) is 16.8. The summed E-state index contributed by atoms with van der Waals surface area (Å²) < 4.78 is 130. The highest BCUT2D eigenvalue weighted by molar-refractivity contribution is 7.92. The first-order valence-electron chi connectivity index (χ1n) is 20.2. The van der Waals surface area contributed by atoms with E-state index in [4.69, 9.17) is 0 Å². The minimum absolute atomic E-state index is 0.00169. The minimum atomic E-state index is -4.48. The lowest BCUT2D eigenvalue weighted by molar-refractivity contribution is -0.138. The van der Waals surface area contributed by atoms with E-state index >= 15 is 0 Å². The molecule has 8 rings (SSSR count). The maximum atomic E-state index is 13.1. The van der Waals surface area contributed by atoms with Gasteiger partial charge in [-0.1, -0.05) is 86.7 Å². The summed E-state index contributed by atoms with van der Waals surface area (Å²) in [5, 5.41) is 0. The highest BCUT2D eigenvalue weighted by atomic mass is 32.2. The smallest absolute Gasteiger partial charge is 0.339 e. The Kier molecular flexibility index (Phi) is 12.2. The van der Waals surface area contributed by atoms with E-state index in [0.29, 0.717) is 42.8 Å². The van der Waals surface area contributed by atoms with Crippen LogP contribution in [0.1, 0.15) is 47.2 Å². The molecule has 9 nitrogen and oxygen atoms in total. The molecule has 4 unspecified atom stereocenters. The van der Waals surface area contributed by atoms with Gasteiger partial charge in [-0.3, -0.25) is 19.1 Å². The largest absolute Gasteiger partial charge is 0.416 e. The number of hydrogen-bond acceptors (Lipinski definition) is 6. The van der Waals surface area contributed by atoms with Gasteiger partial charge >= 0.3 is 12.4 Å². The summed E-state index contributed by atoms with van der Waals surface area (Å²) in [5.74, 6) is 1.03. The van der Waals surface area contributed by atoms with Crippen LogP contribution in [0.25, 0.3) is 12.2 Å². The zero-order chi connectivity index (χ0) is 45.8. The number of nitrogens with one attached hydrogen (secondary N) is 2. The molecule has 2 N–H and O–H groups in total. The van der Waals surface area contributed by atoms with Crippen molar-refractivity contribution in [3.8, 4) is 0 Å². The maximum absolute atomic E-state index is 13.1. The van der Waals surface area contributed by atoms with E-state index < -0.39 is 43.5 Å². The molecule has 4 atom stereocenters. The highest BCUT2D eigenvalue weighted by Crippen LogP contribution is 2.64. The Balaban J connectivity index is 0.000000189. The van der Waals surface area contributed by atoms with Gasteiger partial charge in [0.2, 0.25) is 26.0 Å². The molecule has 4 aliphatic rings. The van der Waals surface area contributed by atoms with Crippen molar-refractivity contribution < 1.29 is 48.0 Å². The third kappa shape index (κ3) is 10.2. The number of likely N-dealkylation sites (tertiary alicyclic amines) is 2. The number of fused-ring (bicyclic) bond motifs is 2.